The van der Waals surface area contributed by atoms with Gasteiger partial charge in [0, 0.05) is 43.2 Å². The third kappa shape index (κ3) is 8.22. The maximum absolute atomic E-state index is 12.4. The van der Waals surface area contributed by atoms with Crippen molar-refractivity contribution in [3.63, 3.8) is 0 Å². The van der Waals surface area contributed by atoms with Gasteiger partial charge in [-0.15, -0.1) is 11.3 Å². The van der Waals surface area contributed by atoms with Crippen LogP contribution in [-0.2, 0) is 23.1 Å². The Balaban J connectivity index is 0.000000216. The molecule has 0 aliphatic heterocycles. The highest BCUT2D eigenvalue weighted by atomic mass is 35.5. The van der Waals surface area contributed by atoms with Gasteiger partial charge in [-0.3, -0.25) is 9.97 Å². The van der Waals surface area contributed by atoms with E-state index in [1.54, 1.807) is 37.7 Å². The monoisotopic (exact) mass is 644 g/mol. The van der Waals surface area contributed by atoms with E-state index in [1.807, 2.05) is 42.5 Å². The fraction of sp³-hybridized carbons (Fsp3) is 0.143. The topological polar surface area (TPSA) is 142 Å². The van der Waals surface area contributed by atoms with Crippen molar-refractivity contribution in [1.82, 2.24) is 24.7 Å². The summed E-state index contributed by atoms with van der Waals surface area (Å²) >= 11 is 12.7. The molecule has 5 heterocycles. The molecule has 0 saturated heterocycles. The minimum atomic E-state index is -3.82. The minimum absolute atomic E-state index is 0.0385. The molecule has 10 nitrogen and oxygen atoms in total. The number of pyridine rings is 4. The quantitative estimate of drug-likeness (QED) is 0.209. The number of aromatic nitrogens is 4. The molecular weight excluding hydrogens is 619 g/mol. The first-order valence-corrected chi connectivity index (χ1v) is 15.3. The summed E-state index contributed by atoms with van der Waals surface area (Å²) in [5, 5.41) is 0. The maximum atomic E-state index is 12.4. The molecule has 0 aromatic carbocycles. The van der Waals surface area contributed by atoms with Gasteiger partial charge in [-0.05, 0) is 30.3 Å². The van der Waals surface area contributed by atoms with Gasteiger partial charge in [0.05, 0.1) is 59.3 Å². The Labute approximate surface area is 257 Å². The number of nitrogens with two attached hydrogens (primary N) is 1. The molecule has 0 radical (unpaired) electrons. The number of nitrogens with one attached hydrogen (secondary N) is 1. The van der Waals surface area contributed by atoms with Crippen molar-refractivity contribution in [2.75, 3.05) is 14.2 Å². The van der Waals surface area contributed by atoms with Crippen molar-refractivity contribution in [3.05, 3.63) is 99.2 Å². The van der Waals surface area contributed by atoms with Gasteiger partial charge in [-0.2, -0.15) is 0 Å². The molecule has 5 aromatic rings. The third-order valence-electron chi connectivity index (χ3n) is 5.60. The van der Waals surface area contributed by atoms with Gasteiger partial charge in [0.1, 0.15) is 20.7 Å². The predicted molar refractivity (Wildman–Crippen MR) is 164 cm³/mol. The van der Waals surface area contributed by atoms with Crippen LogP contribution >= 0.6 is 34.5 Å². The van der Waals surface area contributed by atoms with E-state index in [1.165, 1.54) is 13.2 Å². The smallest absolute Gasteiger partial charge is 0.243 e. The first kappa shape index (κ1) is 31.3. The van der Waals surface area contributed by atoms with Crippen LogP contribution in [0.15, 0.2) is 84.0 Å². The molecule has 0 atom stereocenters. The van der Waals surface area contributed by atoms with Gasteiger partial charge in [-0.1, -0.05) is 35.3 Å². The number of sulfonamides is 1. The molecule has 14 heteroatoms. The number of halogens is 2. The second-order valence-corrected chi connectivity index (χ2v) is 12.4. The van der Waals surface area contributed by atoms with E-state index >= 15 is 0 Å². The molecule has 0 unspecified atom stereocenters. The standard InChI is InChI=1S/C16H13Cl2N3O3S2.C12H13N3O/c1-24-11-6-10(21-13(7-11)12-4-2-3-5-19-12)9-20-26(22,23)14-8-15(17)25-16(14)18;1-16-10-6-9(8-13)15-12(7-10)11-4-2-3-5-14-11/h2-8,20H,9H2,1H3;2-7H,8,13H2,1H3. The normalized spacial score (nSPS) is 11.0. The second kappa shape index (κ2) is 14.5. The van der Waals surface area contributed by atoms with Gasteiger partial charge in [-0.25, -0.2) is 23.1 Å². The summed E-state index contributed by atoms with van der Waals surface area (Å²) in [6.07, 6.45) is 3.39. The summed E-state index contributed by atoms with van der Waals surface area (Å²) < 4.78 is 38.2. The van der Waals surface area contributed by atoms with Crippen LogP contribution in [0, 0.1) is 0 Å². The number of hydrogen-bond donors (Lipinski definition) is 2. The summed E-state index contributed by atoms with van der Waals surface area (Å²) in [5.74, 6) is 1.29. The number of thiophene rings is 1. The Hall–Kier alpha value is -3.65. The molecule has 0 aliphatic carbocycles. The highest BCUT2D eigenvalue weighted by Gasteiger charge is 2.21. The van der Waals surface area contributed by atoms with Crippen LogP contribution in [0.5, 0.6) is 11.5 Å². The van der Waals surface area contributed by atoms with Crippen molar-refractivity contribution in [1.29, 1.82) is 0 Å². The van der Waals surface area contributed by atoms with Gasteiger partial charge in [0.25, 0.3) is 0 Å². The number of hydrogen-bond acceptors (Lipinski definition) is 10. The Morgan fingerprint density at radius 1 is 0.810 bits per heavy atom. The largest absolute Gasteiger partial charge is 0.497 e. The molecule has 0 amide bonds. The van der Waals surface area contributed by atoms with Crippen molar-refractivity contribution in [2.45, 2.75) is 18.0 Å². The Bertz CT molecular complexity index is 1720. The van der Waals surface area contributed by atoms with Gasteiger partial charge < -0.3 is 15.2 Å². The Morgan fingerprint density at radius 2 is 1.36 bits per heavy atom. The lowest BCUT2D eigenvalue weighted by molar-refractivity contribution is 0.413. The van der Waals surface area contributed by atoms with Gasteiger partial charge >= 0.3 is 0 Å². The van der Waals surface area contributed by atoms with Crippen LogP contribution in [0.3, 0.4) is 0 Å². The Morgan fingerprint density at radius 3 is 1.81 bits per heavy atom. The number of nitrogens with zero attached hydrogens (tertiary/aromatic N) is 4. The zero-order valence-electron chi connectivity index (χ0n) is 22.5. The number of methoxy groups -OCH3 is 2. The summed E-state index contributed by atoms with van der Waals surface area (Å²) in [6, 6.07) is 19.5. The van der Waals surface area contributed by atoms with Crippen molar-refractivity contribution < 1.29 is 17.9 Å². The molecular formula is C28H26Cl2N6O4S2. The van der Waals surface area contributed by atoms with Gasteiger partial charge in [0.2, 0.25) is 10.0 Å². The number of rotatable bonds is 9. The fourth-order valence-electron chi connectivity index (χ4n) is 3.60. The lowest BCUT2D eigenvalue weighted by Gasteiger charge is -2.09. The molecule has 5 aromatic heterocycles. The molecule has 0 saturated carbocycles. The zero-order valence-corrected chi connectivity index (χ0v) is 25.6. The lowest BCUT2D eigenvalue weighted by Crippen LogP contribution is -2.23. The van der Waals surface area contributed by atoms with E-state index in [9.17, 15) is 8.42 Å². The van der Waals surface area contributed by atoms with Crippen LogP contribution < -0.4 is 19.9 Å². The first-order chi connectivity index (χ1) is 20.2. The fourth-order valence-corrected chi connectivity index (χ4v) is 6.74. The van der Waals surface area contributed by atoms with E-state index < -0.39 is 10.0 Å². The summed E-state index contributed by atoms with van der Waals surface area (Å²) in [6.45, 7) is 0.347. The number of ether oxygens (including phenoxy) is 2. The van der Waals surface area contributed by atoms with E-state index in [0.29, 0.717) is 33.7 Å². The SMILES string of the molecule is COc1cc(CN)nc(-c2ccccn2)c1.COc1cc(CNS(=O)(=O)c2cc(Cl)sc2Cl)nc(-c2ccccn2)c1. The molecule has 5 rings (SSSR count). The molecule has 218 valence electrons. The zero-order chi connectivity index (χ0) is 30.1. The molecule has 0 fully saturated rings. The second-order valence-electron chi connectivity index (χ2n) is 8.41. The highest BCUT2D eigenvalue weighted by molar-refractivity contribution is 7.89. The van der Waals surface area contributed by atoms with Crippen LogP contribution in [0.2, 0.25) is 8.67 Å². The van der Waals surface area contributed by atoms with Crippen LogP contribution in [0.4, 0.5) is 0 Å². The average molecular weight is 646 g/mol. The molecule has 42 heavy (non-hydrogen) atoms. The van der Waals surface area contributed by atoms with Crippen LogP contribution in [-0.4, -0.2) is 42.6 Å². The van der Waals surface area contributed by atoms with Gasteiger partial charge in [0.15, 0.2) is 0 Å². The summed E-state index contributed by atoms with van der Waals surface area (Å²) in [7, 11) is -0.669. The van der Waals surface area contributed by atoms with Crippen LogP contribution in [0.25, 0.3) is 22.8 Å². The van der Waals surface area contributed by atoms with Crippen molar-refractivity contribution >= 4 is 44.6 Å². The first-order valence-electron chi connectivity index (χ1n) is 12.3. The maximum Gasteiger partial charge on any atom is 0.243 e. The molecule has 3 N–H and O–H groups in total. The third-order valence-corrected chi connectivity index (χ3v) is 8.75. The summed E-state index contributed by atoms with van der Waals surface area (Å²) in [4.78, 5) is 17.3. The minimum Gasteiger partial charge on any atom is -0.497 e. The van der Waals surface area contributed by atoms with Crippen molar-refractivity contribution in [3.8, 4) is 34.3 Å². The predicted octanol–water partition coefficient (Wildman–Crippen LogP) is 5.61. The van der Waals surface area contributed by atoms with Crippen molar-refractivity contribution in [2.24, 2.45) is 5.73 Å². The molecule has 0 aliphatic rings. The van der Waals surface area contributed by atoms with Crippen LogP contribution in [0.1, 0.15) is 11.4 Å². The molecule has 0 spiro atoms. The highest BCUT2D eigenvalue weighted by Crippen LogP contribution is 2.34. The van der Waals surface area contributed by atoms with E-state index in [4.69, 9.17) is 38.4 Å². The van der Waals surface area contributed by atoms with E-state index in [-0.39, 0.29) is 15.8 Å². The summed E-state index contributed by atoms with van der Waals surface area (Å²) in [5.41, 5.74) is 9.68. The molecule has 0 bridgehead atoms. The lowest BCUT2D eigenvalue weighted by atomic mass is 10.2. The van der Waals surface area contributed by atoms with E-state index in [0.717, 1.165) is 34.2 Å². The Kier molecular flexibility index (Phi) is 10.8. The average Bonchev–Trinajstić information content (AvgIpc) is 3.39. The van der Waals surface area contributed by atoms with E-state index in [2.05, 4.69) is 24.7 Å².